The Labute approximate surface area is 99.3 Å². The smallest absolute Gasteiger partial charge is 0.303 e. The fourth-order valence-corrected chi connectivity index (χ4v) is 2.12. The van der Waals surface area contributed by atoms with Gasteiger partial charge in [-0.1, -0.05) is 6.07 Å². The number of nitriles is 1. The molecule has 1 aliphatic heterocycles. The maximum Gasteiger partial charge on any atom is 0.303 e. The highest BCUT2D eigenvalue weighted by atomic mass is 16.4. The molecular formula is C12H13N3O2. The van der Waals surface area contributed by atoms with Gasteiger partial charge < -0.3 is 10.0 Å². The van der Waals surface area contributed by atoms with Crippen LogP contribution in [0.5, 0.6) is 0 Å². The van der Waals surface area contributed by atoms with Crippen LogP contribution in [0.25, 0.3) is 0 Å². The van der Waals surface area contributed by atoms with E-state index in [1.807, 2.05) is 17.0 Å². The van der Waals surface area contributed by atoms with E-state index in [0.29, 0.717) is 12.2 Å². The number of pyridine rings is 1. The number of nitrogens with zero attached hydrogens (tertiary/aromatic N) is 3. The van der Waals surface area contributed by atoms with Crippen molar-refractivity contribution in [3.63, 3.8) is 0 Å². The number of hydrogen-bond acceptors (Lipinski definition) is 4. The Kier molecular flexibility index (Phi) is 3.24. The van der Waals surface area contributed by atoms with E-state index >= 15 is 0 Å². The second-order valence-electron chi connectivity index (χ2n) is 4.19. The average molecular weight is 231 g/mol. The summed E-state index contributed by atoms with van der Waals surface area (Å²) in [5, 5.41) is 17.5. The summed E-state index contributed by atoms with van der Waals surface area (Å²) in [6.45, 7) is 1.51. The maximum atomic E-state index is 10.6. The number of carbonyl (C=O) groups is 1. The minimum absolute atomic E-state index is 0.181. The molecule has 0 bridgehead atoms. The van der Waals surface area contributed by atoms with E-state index < -0.39 is 5.97 Å². The summed E-state index contributed by atoms with van der Waals surface area (Å²) in [5.41, 5.74) is 0.393. The zero-order chi connectivity index (χ0) is 12.3. The highest BCUT2D eigenvalue weighted by Crippen LogP contribution is 2.24. The summed E-state index contributed by atoms with van der Waals surface area (Å²) in [6, 6.07) is 7.31. The van der Waals surface area contributed by atoms with E-state index in [4.69, 9.17) is 10.4 Å². The Hall–Kier alpha value is -2.09. The Bertz CT molecular complexity index is 467. The van der Waals surface area contributed by atoms with Crippen molar-refractivity contribution in [2.75, 3.05) is 18.0 Å². The molecule has 0 saturated carbocycles. The molecule has 0 aromatic carbocycles. The molecule has 5 nitrogen and oxygen atoms in total. The number of carboxylic acids is 1. The summed E-state index contributed by atoms with van der Waals surface area (Å²) in [4.78, 5) is 16.9. The molecule has 0 spiro atoms. The van der Waals surface area contributed by atoms with Crippen LogP contribution in [0.2, 0.25) is 0 Å². The summed E-state index contributed by atoms with van der Waals surface area (Å²) in [6.07, 6.45) is 1.07. The van der Waals surface area contributed by atoms with Gasteiger partial charge in [0, 0.05) is 19.5 Å². The van der Waals surface area contributed by atoms with Crippen molar-refractivity contribution >= 4 is 11.8 Å². The second kappa shape index (κ2) is 4.83. The lowest BCUT2D eigenvalue weighted by molar-refractivity contribution is -0.137. The lowest BCUT2D eigenvalue weighted by Crippen LogP contribution is -2.21. The third kappa shape index (κ3) is 2.72. The Morgan fingerprint density at radius 2 is 2.47 bits per heavy atom. The molecule has 2 rings (SSSR count). The topological polar surface area (TPSA) is 77.2 Å². The van der Waals surface area contributed by atoms with Crippen LogP contribution in [0.3, 0.4) is 0 Å². The first-order chi connectivity index (χ1) is 8.19. The molecule has 0 radical (unpaired) electrons. The molecule has 1 aliphatic rings. The van der Waals surface area contributed by atoms with E-state index in [9.17, 15) is 4.79 Å². The summed E-state index contributed by atoms with van der Waals surface area (Å²) in [5.74, 6) is 0.188. The molecule has 0 aliphatic carbocycles. The first-order valence-electron chi connectivity index (χ1n) is 5.53. The second-order valence-corrected chi connectivity index (χ2v) is 4.19. The van der Waals surface area contributed by atoms with Crippen molar-refractivity contribution in [3.8, 4) is 6.07 Å². The molecular weight excluding hydrogens is 218 g/mol. The maximum absolute atomic E-state index is 10.6. The van der Waals surface area contributed by atoms with E-state index in [-0.39, 0.29) is 12.3 Å². The van der Waals surface area contributed by atoms with E-state index in [1.54, 1.807) is 12.1 Å². The zero-order valence-corrected chi connectivity index (χ0v) is 9.33. The van der Waals surface area contributed by atoms with Crippen molar-refractivity contribution in [1.82, 2.24) is 4.98 Å². The average Bonchev–Trinajstić information content (AvgIpc) is 2.77. The zero-order valence-electron chi connectivity index (χ0n) is 9.33. The van der Waals surface area contributed by atoms with Gasteiger partial charge in [0.1, 0.15) is 17.6 Å². The van der Waals surface area contributed by atoms with Crippen molar-refractivity contribution in [3.05, 3.63) is 23.9 Å². The van der Waals surface area contributed by atoms with Gasteiger partial charge in [0.15, 0.2) is 0 Å². The van der Waals surface area contributed by atoms with Crippen LogP contribution >= 0.6 is 0 Å². The van der Waals surface area contributed by atoms with Gasteiger partial charge in [0.05, 0.1) is 0 Å². The van der Waals surface area contributed by atoms with E-state index in [0.717, 1.165) is 18.8 Å². The van der Waals surface area contributed by atoms with Crippen molar-refractivity contribution in [1.29, 1.82) is 5.26 Å². The van der Waals surface area contributed by atoms with Gasteiger partial charge in [0.2, 0.25) is 0 Å². The van der Waals surface area contributed by atoms with Crippen molar-refractivity contribution < 1.29 is 9.90 Å². The molecule has 17 heavy (non-hydrogen) atoms. The Balaban J connectivity index is 2.05. The fourth-order valence-electron chi connectivity index (χ4n) is 2.12. The molecule has 1 aromatic rings. The molecule has 88 valence electrons. The quantitative estimate of drug-likeness (QED) is 0.847. The molecule has 1 unspecified atom stereocenters. The predicted octanol–water partition coefficient (Wildman–Crippen LogP) is 1.25. The fraction of sp³-hybridized carbons (Fsp3) is 0.417. The number of aromatic nitrogens is 1. The monoisotopic (exact) mass is 231 g/mol. The largest absolute Gasteiger partial charge is 0.481 e. The molecule has 1 aromatic heterocycles. The van der Waals surface area contributed by atoms with Gasteiger partial charge in [0.25, 0.3) is 0 Å². The van der Waals surface area contributed by atoms with Crippen LogP contribution in [0, 0.1) is 17.2 Å². The molecule has 1 saturated heterocycles. The molecule has 1 atom stereocenters. The standard InChI is InChI=1S/C12H13N3O2/c13-7-10-2-1-3-11(14-10)15-5-4-9(8-15)6-12(16)17/h1-3,9H,4-6,8H2,(H,16,17). The third-order valence-electron chi connectivity index (χ3n) is 2.92. The van der Waals surface area contributed by atoms with Crippen LogP contribution in [0.15, 0.2) is 18.2 Å². The molecule has 2 heterocycles. The number of rotatable bonds is 3. The number of anilines is 1. The minimum Gasteiger partial charge on any atom is -0.481 e. The lowest BCUT2D eigenvalue weighted by atomic mass is 10.1. The molecule has 0 amide bonds. The van der Waals surface area contributed by atoms with E-state index in [2.05, 4.69) is 4.98 Å². The summed E-state index contributed by atoms with van der Waals surface area (Å²) < 4.78 is 0. The lowest BCUT2D eigenvalue weighted by Gasteiger charge is -2.17. The number of aliphatic carboxylic acids is 1. The Morgan fingerprint density at radius 1 is 1.65 bits per heavy atom. The van der Waals surface area contributed by atoms with Gasteiger partial charge >= 0.3 is 5.97 Å². The van der Waals surface area contributed by atoms with Crippen LogP contribution in [0.1, 0.15) is 18.5 Å². The third-order valence-corrected chi connectivity index (χ3v) is 2.92. The normalized spacial score (nSPS) is 19.0. The Morgan fingerprint density at radius 3 is 3.18 bits per heavy atom. The SMILES string of the molecule is N#Cc1cccc(N2CCC(CC(=O)O)C2)n1. The van der Waals surface area contributed by atoms with E-state index in [1.165, 1.54) is 0 Å². The van der Waals surface area contributed by atoms with Crippen LogP contribution in [0.4, 0.5) is 5.82 Å². The molecule has 1 N–H and O–H groups in total. The number of hydrogen-bond donors (Lipinski definition) is 1. The first kappa shape index (κ1) is 11.4. The molecule has 5 heteroatoms. The minimum atomic E-state index is -0.754. The van der Waals surface area contributed by atoms with Gasteiger partial charge in [-0.05, 0) is 24.5 Å². The van der Waals surface area contributed by atoms with Gasteiger partial charge in [-0.2, -0.15) is 5.26 Å². The van der Waals surface area contributed by atoms with Crippen molar-refractivity contribution in [2.45, 2.75) is 12.8 Å². The number of carboxylic acid groups (broad SMARTS) is 1. The summed E-state index contributed by atoms with van der Waals surface area (Å²) in [7, 11) is 0. The van der Waals surface area contributed by atoms with Crippen LogP contribution < -0.4 is 4.90 Å². The van der Waals surface area contributed by atoms with Crippen LogP contribution in [-0.4, -0.2) is 29.1 Å². The van der Waals surface area contributed by atoms with Crippen LogP contribution in [-0.2, 0) is 4.79 Å². The van der Waals surface area contributed by atoms with Gasteiger partial charge in [-0.15, -0.1) is 0 Å². The van der Waals surface area contributed by atoms with Gasteiger partial charge in [-0.3, -0.25) is 4.79 Å². The first-order valence-corrected chi connectivity index (χ1v) is 5.53. The highest BCUT2D eigenvalue weighted by Gasteiger charge is 2.25. The summed E-state index contributed by atoms with van der Waals surface area (Å²) >= 11 is 0. The van der Waals surface area contributed by atoms with Crippen molar-refractivity contribution in [2.24, 2.45) is 5.92 Å². The predicted molar refractivity (Wildman–Crippen MR) is 61.5 cm³/mol. The molecule has 1 fully saturated rings. The highest BCUT2D eigenvalue weighted by molar-refractivity contribution is 5.67. The van der Waals surface area contributed by atoms with Gasteiger partial charge in [-0.25, -0.2) is 4.98 Å².